The number of rotatable bonds is 5. The van der Waals surface area contributed by atoms with Crippen LogP contribution in [0.25, 0.3) is 5.65 Å². The van der Waals surface area contributed by atoms with E-state index in [4.69, 9.17) is 20.4 Å². The lowest BCUT2D eigenvalue weighted by Gasteiger charge is -2.61. The first kappa shape index (κ1) is 26.1. The lowest BCUT2D eigenvalue weighted by atomic mass is 9.50. The summed E-state index contributed by atoms with van der Waals surface area (Å²) >= 11 is 0. The second kappa shape index (κ2) is 9.65. The van der Waals surface area contributed by atoms with Crippen LogP contribution in [0.5, 0.6) is 5.75 Å². The number of aromatic nitrogens is 2. The fraction of sp³-hybridized carbons (Fsp3) is 0.464. The molecule has 0 aliphatic heterocycles. The van der Waals surface area contributed by atoms with Crippen LogP contribution >= 0.6 is 0 Å². The number of fused-ring (bicyclic) bond motifs is 1. The fourth-order valence-corrected chi connectivity index (χ4v) is 7.34. The Hall–Kier alpha value is -3.53. The number of nitrogens with two attached hydrogens (primary N) is 1. The van der Waals surface area contributed by atoms with Crippen molar-refractivity contribution in [3.63, 3.8) is 0 Å². The molecular weight excluding hydrogens is 494 g/mol. The molecule has 4 aliphatic rings. The monoisotopic (exact) mass is 526 g/mol. The fourth-order valence-electron chi connectivity index (χ4n) is 7.34. The van der Waals surface area contributed by atoms with Crippen molar-refractivity contribution >= 4 is 18.0 Å². The van der Waals surface area contributed by atoms with Gasteiger partial charge in [0, 0.05) is 17.3 Å². The maximum absolute atomic E-state index is 14.1. The summed E-state index contributed by atoms with van der Waals surface area (Å²) in [5, 5.41) is 10.3. The molecular formula is C28H32F2N4O4. The number of carboxylic acid groups (broad SMARTS) is 1. The van der Waals surface area contributed by atoms with Crippen molar-refractivity contribution in [1.82, 2.24) is 14.7 Å². The first-order valence-electron chi connectivity index (χ1n) is 12.8. The van der Waals surface area contributed by atoms with E-state index in [0.29, 0.717) is 34.6 Å². The molecule has 2 atom stereocenters. The Labute approximate surface area is 219 Å². The molecule has 4 aliphatic carbocycles. The Bertz CT molecular complexity index is 1370. The molecule has 8 nitrogen and oxygen atoms in total. The number of hydrogen-bond donors (Lipinski definition) is 3. The molecule has 4 saturated carbocycles. The lowest BCUT2D eigenvalue weighted by Crippen LogP contribution is -2.68. The van der Waals surface area contributed by atoms with E-state index in [0.717, 1.165) is 37.7 Å². The standard InChI is InChI=1S/C27H30F2N4O2.CH2O2/c1-15-6-22(35-13-19-20(28)4-3-5-21(19)29)24-31-16(2)23(33(24)12-15)25(34)32-27-10-17-7-18(11-27)9-26(30,8-17)14-27;2-1-3/h3-6,12,17-18H,7-11,13-14,30H2,1-2H3,(H,32,34);1H,(H,2,3). The Kier molecular flexibility index (Phi) is 6.63. The average Bonchev–Trinajstić information content (AvgIpc) is 3.13. The number of carbonyl (C=O) groups is 2. The maximum atomic E-state index is 14.1. The molecule has 10 heteroatoms. The molecule has 3 aromatic rings. The third kappa shape index (κ3) is 4.73. The summed E-state index contributed by atoms with van der Waals surface area (Å²) in [5.41, 5.74) is 8.44. The zero-order valence-electron chi connectivity index (χ0n) is 21.5. The first-order chi connectivity index (χ1) is 18.0. The normalized spacial score (nSPS) is 27.1. The van der Waals surface area contributed by atoms with Crippen LogP contribution in [0.1, 0.15) is 65.8 Å². The van der Waals surface area contributed by atoms with Crippen molar-refractivity contribution in [2.24, 2.45) is 17.6 Å². The Morgan fingerprint density at radius 2 is 1.87 bits per heavy atom. The predicted octanol–water partition coefficient (Wildman–Crippen LogP) is 4.29. The van der Waals surface area contributed by atoms with E-state index in [1.54, 1.807) is 17.4 Å². The van der Waals surface area contributed by atoms with Gasteiger partial charge in [-0.3, -0.25) is 14.0 Å². The molecule has 38 heavy (non-hydrogen) atoms. The number of amides is 1. The number of pyridine rings is 1. The summed E-state index contributed by atoms with van der Waals surface area (Å²) in [7, 11) is 0. The number of nitrogens with zero attached hydrogens (tertiary/aromatic N) is 2. The summed E-state index contributed by atoms with van der Waals surface area (Å²) in [4.78, 5) is 26.6. The van der Waals surface area contributed by atoms with Gasteiger partial charge in [0.2, 0.25) is 0 Å². The summed E-state index contributed by atoms with van der Waals surface area (Å²) in [6.07, 6.45) is 7.93. The quantitative estimate of drug-likeness (QED) is 0.427. The van der Waals surface area contributed by atoms with Gasteiger partial charge in [-0.2, -0.15) is 0 Å². The number of imidazole rings is 1. The van der Waals surface area contributed by atoms with Crippen LogP contribution in [0.2, 0.25) is 0 Å². The van der Waals surface area contributed by atoms with Crippen molar-refractivity contribution in [2.45, 2.75) is 70.1 Å². The molecule has 2 aromatic heterocycles. The van der Waals surface area contributed by atoms with Gasteiger partial charge < -0.3 is 20.9 Å². The number of halogens is 2. The summed E-state index contributed by atoms with van der Waals surface area (Å²) in [5.74, 6) is 0.0162. The smallest absolute Gasteiger partial charge is 0.290 e. The number of ether oxygens (including phenoxy) is 1. The third-order valence-electron chi connectivity index (χ3n) is 8.13. The van der Waals surface area contributed by atoms with Gasteiger partial charge in [-0.1, -0.05) is 6.07 Å². The molecule has 2 heterocycles. The Balaban J connectivity index is 0.000000937. The van der Waals surface area contributed by atoms with Crippen LogP contribution in [0.3, 0.4) is 0 Å². The van der Waals surface area contributed by atoms with Gasteiger partial charge in [0.25, 0.3) is 12.4 Å². The molecule has 0 spiro atoms. The van der Waals surface area contributed by atoms with Gasteiger partial charge in [0.15, 0.2) is 11.4 Å². The summed E-state index contributed by atoms with van der Waals surface area (Å²) in [6.45, 7) is 3.14. The van der Waals surface area contributed by atoms with Gasteiger partial charge in [-0.25, -0.2) is 13.8 Å². The first-order valence-corrected chi connectivity index (χ1v) is 12.8. The van der Waals surface area contributed by atoms with Crippen LogP contribution in [0, 0.1) is 37.3 Å². The van der Waals surface area contributed by atoms with E-state index in [2.05, 4.69) is 10.3 Å². The lowest BCUT2D eigenvalue weighted by molar-refractivity contribution is -0.122. The molecule has 4 fully saturated rings. The molecule has 0 saturated heterocycles. The van der Waals surface area contributed by atoms with Crippen molar-refractivity contribution < 1.29 is 28.2 Å². The van der Waals surface area contributed by atoms with Crippen LogP contribution in [0.4, 0.5) is 8.78 Å². The highest BCUT2D eigenvalue weighted by Crippen LogP contribution is 2.56. The molecule has 4 N–H and O–H groups in total. The van der Waals surface area contributed by atoms with Gasteiger partial charge in [0.1, 0.15) is 23.9 Å². The van der Waals surface area contributed by atoms with E-state index < -0.39 is 11.6 Å². The number of aryl methyl sites for hydroxylation is 2. The van der Waals surface area contributed by atoms with Crippen LogP contribution in [-0.2, 0) is 11.4 Å². The second-order valence-electron chi connectivity index (χ2n) is 11.3. The highest BCUT2D eigenvalue weighted by Gasteiger charge is 2.57. The topological polar surface area (TPSA) is 119 Å². The molecule has 0 radical (unpaired) electrons. The third-order valence-corrected chi connectivity index (χ3v) is 8.13. The zero-order chi connectivity index (χ0) is 27.2. The molecule has 7 rings (SSSR count). The van der Waals surface area contributed by atoms with E-state index in [-0.39, 0.29) is 35.6 Å². The van der Waals surface area contributed by atoms with Gasteiger partial charge >= 0.3 is 0 Å². The van der Waals surface area contributed by atoms with E-state index in [9.17, 15) is 13.6 Å². The number of hydrogen-bond acceptors (Lipinski definition) is 5. The van der Waals surface area contributed by atoms with Crippen molar-refractivity contribution in [3.8, 4) is 5.75 Å². The minimum Gasteiger partial charge on any atom is -0.485 e. The SMILES string of the molecule is Cc1cc(OCc2c(F)cccc2F)c2nc(C)c(C(=O)NC34CC5CC(CC(N)(C5)C3)C4)n2c1.O=CO. The van der Waals surface area contributed by atoms with E-state index >= 15 is 0 Å². The van der Waals surface area contributed by atoms with Gasteiger partial charge in [0.05, 0.1) is 11.3 Å². The number of carbonyl (C=O) groups excluding carboxylic acids is 1. The molecule has 4 bridgehead atoms. The zero-order valence-corrected chi connectivity index (χ0v) is 21.5. The minimum absolute atomic E-state index is 0.147. The van der Waals surface area contributed by atoms with Gasteiger partial charge in [-0.05, 0) is 88.0 Å². The summed E-state index contributed by atoms with van der Waals surface area (Å²) in [6, 6.07) is 5.48. The predicted molar refractivity (Wildman–Crippen MR) is 136 cm³/mol. The second-order valence-corrected chi connectivity index (χ2v) is 11.3. The number of benzene rings is 1. The highest BCUT2D eigenvalue weighted by molar-refractivity contribution is 5.95. The largest absolute Gasteiger partial charge is 0.485 e. The van der Waals surface area contributed by atoms with Crippen molar-refractivity contribution in [3.05, 3.63) is 64.6 Å². The van der Waals surface area contributed by atoms with Crippen molar-refractivity contribution in [1.29, 1.82) is 0 Å². The van der Waals surface area contributed by atoms with E-state index in [1.165, 1.54) is 24.6 Å². The Morgan fingerprint density at radius 1 is 1.24 bits per heavy atom. The summed E-state index contributed by atoms with van der Waals surface area (Å²) < 4.78 is 35.8. The van der Waals surface area contributed by atoms with Crippen molar-refractivity contribution in [2.75, 3.05) is 0 Å². The average molecular weight is 527 g/mol. The minimum atomic E-state index is -0.665. The molecule has 1 aromatic carbocycles. The molecule has 202 valence electrons. The Morgan fingerprint density at radius 3 is 2.47 bits per heavy atom. The van der Waals surface area contributed by atoms with Crippen LogP contribution in [-0.4, -0.2) is 37.9 Å². The highest BCUT2D eigenvalue weighted by atomic mass is 19.1. The maximum Gasteiger partial charge on any atom is 0.290 e. The van der Waals surface area contributed by atoms with Crippen LogP contribution in [0.15, 0.2) is 30.5 Å². The molecule has 1 amide bonds. The van der Waals surface area contributed by atoms with Gasteiger partial charge in [-0.15, -0.1) is 0 Å². The van der Waals surface area contributed by atoms with Crippen LogP contribution < -0.4 is 15.8 Å². The molecule has 2 unspecified atom stereocenters. The number of nitrogens with one attached hydrogen (secondary N) is 1. The van der Waals surface area contributed by atoms with E-state index in [1.807, 2.05) is 13.1 Å².